The number of benzene rings is 1. The lowest BCUT2D eigenvalue weighted by Gasteiger charge is -2.06. The van der Waals surface area contributed by atoms with E-state index in [0.717, 1.165) is 24.8 Å². The van der Waals surface area contributed by atoms with Gasteiger partial charge in [0.25, 0.3) is 0 Å². The Bertz CT molecular complexity index is 408. The van der Waals surface area contributed by atoms with Gasteiger partial charge in [-0.25, -0.2) is 4.79 Å². The van der Waals surface area contributed by atoms with Gasteiger partial charge in [0.2, 0.25) is 0 Å². The van der Waals surface area contributed by atoms with E-state index >= 15 is 0 Å². The van der Waals surface area contributed by atoms with Crippen molar-refractivity contribution in [1.82, 2.24) is 0 Å². The summed E-state index contributed by atoms with van der Waals surface area (Å²) in [5.74, 6) is -1.25. The molecule has 0 atom stereocenters. The molecule has 0 fully saturated rings. The summed E-state index contributed by atoms with van der Waals surface area (Å²) in [5.41, 5.74) is 1.37. The number of carboxylic acids is 1. The first-order valence-electron chi connectivity index (χ1n) is 5.43. The quantitative estimate of drug-likeness (QED) is 0.776. The van der Waals surface area contributed by atoms with Gasteiger partial charge in [-0.2, -0.15) is 0 Å². The fraction of sp³-hybridized carbons (Fsp3) is 0.385. The number of hydrogen-bond donors (Lipinski definition) is 1. The summed E-state index contributed by atoms with van der Waals surface area (Å²) in [7, 11) is 0. The molecular weight excluding hydrogens is 204 g/mol. The van der Waals surface area contributed by atoms with E-state index in [4.69, 9.17) is 5.11 Å². The second-order valence-corrected chi connectivity index (χ2v) is 3.84. The second kappa shape index (κ2) is 5.45. The maximum Gasteiger partial charge on any atom is 0.336 e. The third kappa shape index (κ3) is 2.92. The molecule has 16 heavy (non-hydrogen) atoms. The Balaban J connectivity index is 3.07. The summed E-state index contributed by atoms with van der Waals surface area (Å²) in [4.78, 5) is 22.2. The molecule has 0 saturated heterocycles. The number of unbranched alkanes of at least 4 members (excludes halogenated alkanes) is 1. The number of Topliss-reactive ketones (excluding diaryl/α,β-unsaturated/α-hetero) is 1. The highest BCUT2D eigenvalue weighted by Gasteiger charge is 2.13. The number of carboxylic acid groups (broad SMARTS) is 1. The average molecular weight is 220 g/mol. The minimum Gasteiger partial charge on any atom is -0.478 e. The minimum absolute atomic E-state index is 0.112. The van der Waals surface area contributed by atoms with Gasteiger partial charge in [-0.3, -0.25) is 4.79 Å². The average Bonchev–Trinajstić information content (AvgIpc) is 2.25. The number of aryl methyl sites for hydroxylation is 1. The smallest absolute Gasteiger partial charge is 0.336 e. The molecule has 0 amide bonds. The van der Waals surface area contributed by atoms with E-state index in [1.165, 1.54) is 6.92 Å². The molecule has 0 aliphatic carbocycles. The number of carbonyl (C=O) groups is 2. The van der Waals surface area contributed by atoms with Crippen LogP contribution < -0.4 is 0 Å². The molecule has 1 rings (SSSR count). The Hall–Kier alpha value is -1.64. The van der Waals surface area contributed by atoms with E-state index in [0.29, 0.717) is 0 Å². The summed E-state index contributed by atoms with van der Waals surface area (Å²) in [5, 5.41) is 9.01. The summed E-state index contributed by atoms with van der Waals surface area (Å²) in [6, 6.07) is 5.05. The van der Waals surface area contributed by atoms with Crippen LogP contribution in [0.1, 0.15) is 53.0 Å². The van der Waals surface area contributed by atoms with Crippen LogP contribution in [0.4, 0.5) is 0 Å². The van der Waals surface area contributed by atoms with Gasteiger partial charge < -0.3 is 5.11 Å². The third-order valence-corrected chi connectivity index (χ3v) is 2.51. The van der Waals surface area contributed by atoms with Crippen LogP contribution in [0.25, 0.3) is 0 Å². The molecule has 3 heteroatoms. The van der Waals surface area contributed by atoms with Crippen molar-refractivity contribution in [2.75, 3.05) is 0 Å². The number of ketones is 1. The van der Waals surface area contributed by atoms with Crippen LogP contribution in [-0.2, 0) is 6.42 Å². The Labute approximate surface area is 95.1 Å². The van der Waals surface area contributed by atoms with Crippen molar-refractivity contribution in [3.05, 3.63) is 34.9 Å². The van der Waals surface area contributed by atoms with Crippen LogP contribution in [0.5, 0.6) is 0 Å². The standard InChI is InChI=1S/C13H16O3/c1-3-4-5-10-6-7-11(9(2)14)12(8-10)13(15)16/h6-8H,3-5H2,1-2H3,(H,15,16). The van der Waals surface area contributed by atoms with Crippen molar-refractivity contribution < 1.29 is 14.7 Å². The van der Waals surface area contributed by atoms with Crippen molar-refractivity contribution in [2.45, 2.75) is 33.1 Å². The van der Waals surface area contributed by atoms with Crippen LogP contribution in [-0.4, -0.2) is 16.9 Å². The van der Waals surface area contributed by atoms with E-state index in [2.05, 4.69) is 6.92 Å². The third-order valence-electron chi connectivity index (χ3n) is 2.51. The van der Waals surface area contributed by atoms with Gasteiger partial charge in [-0.1, -0.05) is 25.5 Å². The van der Waals surface area contributed by atoms with Crippen molar-refractivity contribution >= 4 is 11.8 Å². The second-order valence-electron chi connectivity index (χ2n) is 3.84. The SMILES string of the molecule is CCCCc1ccc(C(C)=O)c(C(=O)O)c1. The molecule has 0 saturated carbocycles. The lowest BCUT2D eigenvalue weighted by molar-refractivity contribution is 0.0692. The molecule has 0 heterocycles. The summed E-state index contributed by atoms with van der Waals surface area (Å²) in [6.45, 7) is 3.47. The first-order valence-corrected chi connectivity index (χ1v) is 5.43. The zero-order valence-electron chi connectivity index (χ0n) is 9.62. The maximum atomic E-state index is 11.2. The summed E-state index contributed by atoms with van der Waals surface area (Å²) in [6.07, 6.45) is 2.95. The zero-order chi connectivity index (χ0) is 12.1. The molecule has 0 bridgehead atoms. The van der Waals surface area contributed by atoms with Gasteiger partial charge in [0, 0.05) is 5.56 Å². The first-order chi connectivity index (χ1) is 7.56. The fourth-order valence-corrected chi connectivity index (χ4v) is 1.61. The van der Waals surface area contributed by atoms with Crippen molar-refractivity contribution in [1.29, 1.82) is 0 Å². The Morgan fingerprint density at radius 1 is 1.25 bits per heavy atom. The summed E-state index contributed by atoms with van der Waals surface area (Å²) >= 11 is 0. The van der Waals surface area contributed by atoms with Crippen molar-refractivity contribution in [3.8, 4) is 0 Å². The lowest BCUT2D eigenvalue weighted by atomic mass is 9.99. The van der Waals surface area contributed by atoms with Gasteiger partial charge in [0.15, 0.2) is 5.78 Å². The number of rotatable bonds is 5. The van der Waals surface area contributed by atoms with Crippen molar-refractivity contribution in [2.24, 2.45) is 0 Å². The molecule has 1 N–H and O–H groups in total. The molecule has 86 valence electrons. The monoisotopic (exact) mass is 220 g/mol. The number of carbonyl (C=O) groups excluding carboxylic acids is 1. The van der Waals surface area contributed by atoms with Gasteiger partial charge in [0.05, 0.1) is 5.56 Å². The van der Waals surface area contributed by atoms with Crippen LogP contribution in [0.3, 0.4) is 0 Å². The van der Waals surface area contributed by atoms with E-state index in [9.17, 15) is 9.59 Å². The van der Waals surface area contributed by atoms with Crippen LogP contribution in [0.15, 0.2) is 18.2 Å². The van der Waals surface area contributed by atoms with Crippen LogP contribution in [0, 0.1) is 0 Å². The Kier molecular flexibility index (Phi) is 4.23. The molecule has 0 aliphatic rings. The highest BCUT2D eigenvalue weighted by Crippen LogP contribution is 2.15. The molecule has 0 aliphatic heterocycles. The normalized spacial score (nSPS) is 10.1. The molecule has 1 aromatic carbocycles. The minimum atomic E-state index is -1.04. The fourth-order valence-electron chi connectivity index (χ4n) is 1.61. The van der Waals surface area contributed by atoms with E-state index in [1.54, 1.807) is 12.1 Å². The van der Waals surface area contributed by atoms with E-state index < -0.39 is 5.97 Å². The Morgan fingerprint density at radius 3 is 2.44 bits per heavy atom. The van der Waals surface area contributed by atoms with Crippen molar-refractivity contribution in [3.63, 3.8) is 0 Å². The molecule has 0 radical (unpaired) electrons. The maximum absolute atomic E-state index is 11.2. The summed E-state index contributed by atoms with van der Waals surface area (Å²) < 4.78 is 0. The van der Waals surface area contributed by atoms with Crippen LogP contribution in [0.2, 0.25) is 0 Å². The Morgan fingerprint density at radius 2 is 1.94 bits per heavy atom. The number of aromatic carboxylic acids is 1. The molecule has 0 spiro atoms. The zero-order valence-corrected chi connectivity index (χ0v) is 9.62. The van der Waals surface area contributed by atoms with E-state index in [1.807, 2.05) is 6.07 Å². The highest BCUT2D eigenvalue weighted by molar-refractivity contribution is 6.04. The number of hydrogen-bond acceptors (Lipinski definition) is 2. The topological polar surface area (TPSA) is 54.4 Å². The van der Waals surface area contributed by atoms with Gasteiger partial charge in [0.1, 0.15) is 0 Å². The largest absolute Gasteiger partial charge is 0.478 e. The molecule has 0 unspecified atom stereocenters. The molecule has 0 aromatic heterocycles. The highest BCUT2D eigenvalue weighted by atomic mass is 16.4. The predicted octanol–water partition coefficient (Wildman–Crippen LogP) is 2.93. The molecule has 1 aromatic rings. The van der Waals surface area contributed by atoms with Gasteiger partial charge >= 0.3 is 5.97 Å². The van der Waals surface area contributed by atoms with Crippen LogP contribution >= 0.6 is 0 Å². The first kappa shape index (κ1) is 12.4. The predicted molar refractivity (Wildman–Crippen MR) is 62.0 cm³/mol. The van der Waals surface area contributed by atoms with E-state index in [-0.39, 0.29) is 16.9 Å². The van der Waals surface area contributed by atoms with Gasteiger partial charge in [-0.15, -0.1) is 0 Å². The molecular formula is C13H16O3. The molecule has 3 nitrogen and oxygen atoms in total. The lowest BCUT2D eigenvalue weighted by Crippen LogP contribution is -2.07. The van der Waals surface area contributed by atoms with Gasteiger partial charge in [-0.05, 0) is 31.4 Å².